The Morgan fingerprint density at radius 2 is 1.71 bits per heavy atom. The fraction of sp³-hybridized carbons (Fsp3) is 0.294. The number of halogens is 1. The zero-order valence-corrected chi connectivity index (χ0v) is 14.3. The Morgan fingerprint density at radius 1 is 1.00 bits per heavy atom. The maximum absolute atomic E-state index is 5.59. The fourth-order valence-corrected chi connectivity index (χ4v) is 3.05. The fourth-order valence-electron chi connectivity index (χ4n) is 2.38. The minimum absolute atomic E-state index is 0.256. The predicted octanol–water partition coefficient (Wildman–Crippen LogP) is 4.41. The van der Waals surface area contributed by atoms with Gasteiger partial charge in [0.1, 0.15) is 16.0 Å². The molecule has 21 heavy (non-hydrogen) atoms. The van der Waals surface area contributed by atoms with Gasteiger partial charge in [-0.05, 0) is 53.2 Å². The molecule has 0 fully saturated rings. The number of hydrogen-bond donors (Lipinski definition) is 1. The van der Waals surface area contributed by atoms with Crippen LogP contribution in [0.3, 0.4) is 0 Å². The highest BCUT2D eigenvalue weighted by molar-refractivity contribution is 9.10. The van der Waals surface area contributed by atoms with Crippen LogP contribution < -0.4 is 14.8 Å². The third-order valence-corrected chi connectivity index (χ3v) is 4.39. The Hall–Kier alpha value is -1.52. The quantitative estimate of drug-likeness (QED) is 0.866. The van der Waals surface area contributed by atoms with Gasteiger partial charge < -0.3 is 14.8 Å². The molecule has 0 aliphatic heterocycles. The van der Waals surface area contributed by atoms with Gasteiger partial charge in [0, 0.05) is 11.6 Å². The first-order chi connectivity index (χ1) is 10.1. The second kappa shape index (κ2) is 6.96. The summed E-state index contributed by atoms with van der Waals surface area (Å²) in [5, 5.41) is 3.29. The lowest BCUT2D eigenvalue weighted by atomic mass is 9.95. The number of nitrogens with one attached hydrogen (secondary N) is 1. The molecular weight excluding hydrogens is 330 g/mol. The van der Waals surface area contributed by atoms with E-state index in [9.17, 15) is 0 Å². The van der Waals surface area contributed by atoms with Crippen molar-refractivity contribution in [3.8, 4) is 22.6 Å². The van der Waals surface area contributed by atoms with Gasteiger partial charge >= 0.3 is 0 Å². The summed E-state index contributed by atoms with van der Waals surface area (Å²) in [4.78, 5) is 0. The van der Waals surface area contributed by atoms with Gasteiger partial charge in [-0.3, -0.25) is 0 Å². The first-order valence-electron chi connectivity index (χ1n) is 6.81. The van der Waals surface area contributed by atoms with Crippen LogP contribution in [0.1, 0.15) is 18.5 Å². The second-order valence-electron chi connectivity index (χ2n) is 4.76. The van der Waals surface area contributed by atoms with Crippen LogP contribution in [0.15, 0.2) is 40.9 Å². The molecular formula is C17H20BrNO2. The first-order valence-corrected chi connectivity index (χ1v) is 7.60. The normalized spacial score (nSPS) is 12.0. The Labute approximate surface area is 134 Å². The summed E-state index contributed by atoms with van der Waals surface area (Å²) in [5.74, 6) is 1.54. The van der Waals surface area contributed by atoms with E-state index in [1.54, 1.807) is 14.2 Å². The van der Waals surface area contributed by atoms with Crippen molar-refractivity contribution in [2.75, 3.05) is 21.3 Å². The second-order valence-corrected chi connectivity index (χ2v) is 5.55. The molecule has 0 aliphatic carbocycles. The molecule has 4 heteroatoms. The molecule has 0 aromatic heterocycles. The molecule has 1 unspecified atom stereocenters. The lowest BCUT2D eigenvalue weighted by molar-refractivity contribution is 0.390. The van der Waals surface area contributed by atoms with Gasteiger partial charge in [-0.2, -0.15) is 0 Å². The Bertz CT molecular complexity index is 628. The van der Waals surface area contributed by atoms with Crippen LogP contribution in [-0.4, -0.2) is 21.3 Å². The third kappa shape index (κ3) is 3.06. The van der Waals surface area contributed by atoms with Crippen LogP contribution in [-0.2, 0) is 0 Å². The van der Waals surface area contributed by atoms with Gasteiger partial charge in [0.15, 0.2) is 0 Å². The maximum Gasteiger partial charge on any atom is 0.144 e. The zero-order valence-electron chi connectivity index (χ0n) is 12.7. The van der Waals surface area contributed by atoms with Gasteiger partial charge in [0.2, 0.25) is 0 Å². The van der Waals surface area contributed by atoms with Gasteiger partial charge in [-0.25, -0.2) is 0 Å². The molecule has 0 saturated carbocycles. The van der Waals surface area contributed by atoms with Gasteiger partial charge in [0.05, 0.1) is 14.2 Å². The van der Waals surface area contributed by atoms with Crippen molar-refractivity contribution >= 4 is 15.9 Å². The zero-order chi connectivity index (χ0) is 15.4. The molecule has 112 valence electrons. The minimum Gasteiger partial charge on any atom is -0.495 e. The predicted molar refractivity (Wildman–Crippen MR) is 90.2 cm³/mol. The highest BCUT2D eigenvalue weighted by atomic mass is 79.9. The first kappa shape index (κ1) is 15.9. The molecule has 1 atom stereocenters. The van der Waals surface area contributed by atoms with Crippen LogP contribution >= 0.6 is 15.9 Å². The summed E-state index contributed by atoms with van der Waals surface area (Å²) in [5.41, 5.74) is 3.43. The summed E-state index contributed by atoms with van der Waals surface area (Å²) in [7, 11) is 5.28. The van der Waals surface area contributed by atoms with Crippen molar-refractivity contribution in [2.45, 2.75) is 13.0 Å². The van der Waals surface area contributed by atoms with Crippen molar-refractivity contribution in [1.29, 1.82) is 0 Å². The van der Waals surface area contributed by atoms with E-state index in [-0.39, 0.29) is 6.04 Å². The van der Waals surface area contributed by atoms with Gasteiger partial charge in [-0.15, -0.1) is 0 Å². The summed E-state index contributed by atoms with van der Waals surface area (Å²) in [6.45, 7) is 2.14. The van der Waals surface area contributed by atoms with E-state index in [2.05, 4.69) is 46.4 Å². The third-order valence-electron chi connectivity index (χ3n) is 3.64. The average molecular weight is 350 g/mol. The molecule has 0 aliphatic rings. The summed E-state index contributed by atoms with van der Waals surface area (Å²) >= 11 is 3.56. The van der Waals surface area contributed by atoms with Crippen molar-refractivity contribution in [3.63, 3.8) is 0 Å². The smallest absolute Gasteiger partial charge is 0.144 e. The molecule has 0 amide bonds. The lowest BCUT2D eigenvalue weighted by Crippen LogP contribution is -2.13. The molecule has 0 saturated heterocycles. The molecule has 0 radical (unpaired) electrons. The van der Waals surface area contributed by atoms with Crippen LogP contribution in [0.4, 0.5) is 0 Å². The van der Waals surface area contributed by atoms with E-state index in [1.807, 2.05) is 25.2 Å². The van der Waals surface area contributed by atoms with E-state index >= 15 is 0 Å². The summed E-state index contributed by atoms with van der Waals surface area (Å²) in [6.07, 6.45) is 0. The number of ether oxygens (including phenoxy) is 2. The molecule has 0 heterocycles. The molecule has 2 aromatic carbocycles. The number of hydrogen-bond acceptors (Lipinski definition) is 3. The van der Waals surface area contributed by atoms with Crippen molar-refractivity contribution in [3.05, 3.63) is 46.4 Å². The van der Waals surface area contributed by atoms with Crippen molar-refractivity contribution in [1.82, 2.24) is 5.32 Å². The van der Waals surface area contributed by atoms with E-state index in [4.69, 9.17) is 9.47 Å². The largest absolute Gasteiger partial charge is 0.495 e. The van der Waals surface area contributed by atoms with Gasteiger partial charge in [-0.1, -0.05) is 24.3 Å². The molecule has 0 bridgehead atoms. The van der Waals surface area contributed by atoms with Crippen LogP contribution in [0.5, 0.6) is 11.5 Å². The summed E-state index contributed by atoms with van der Waals surface area (Å²) < 4.78 is 11.8. The monoisotopic (exact) mass is 349 g/mol. The van der Waals surface area contributed by atoms with Gasteiger partial charge in [0.25, 0.3) is 0 Å². The van der Waals surface area contributed by atoms with Crippen LogP contribution in [0.25, 0.3) is 11.1 Å². The maximum atomic E-state index is 5.59. The Morgan fingerprint density at radius 3 is 2.33 bits per heavy atom. The summed E-state index contributed by atoms with van der Waals surface area (Å²) in [6, 6.07) is 12.6. The standard InChI is InChI=1S/C17H20BrNO2/c1-11(19-2)12-7-5-6-8-13(12)14-9-10-15(20-3)16(18)17(14)21-4/h5-11,19H,1-4H3. The van der Waals surface area contributed by atoms with Crippen LogP contribution in [0, 0.1) is 0 Å². The van der Waals surface area contributed by atoms with Crippen LogP contribution in [0.2, 0.25) is 0 Å². The molecule has 1 N–H and O–H groups in total. The molecule has 2 aromatic rings. The number of rotatable bonds is 5. The highest BCUT2D eigenvalue weighted by Gasteiger charge is 2.17. The highest BCUT2D eigenvalue weighted by Crippen LogP contribution is 2.43. The number of methoxy groups -OCH3 is 2. The molecule has 3 nitrogen and oxygen atoms in total. The van der Waals surface area contributed by atoms with E-state index in [0.717, 1.165) is 27.1 Å². The number of benzene rings is 2. The Kier molecular flexibility index (Phi) is 5.26. The van der Waals surface area contributed by atoms with E-state index < -0.39 is 0 Å². The SMILES string of the molecule is CNC(C)c1ccccc1-c1ccc(OC)c(Br)c1OC. The molecule has 2 rings (SSSR count). The van der Waals surface area contributed by atoms with E-state index in [0.29, 0.717) is 0 Å². The average Bonchev–Trinajstić information content (AvgIpc) is 2.53. The van der Waals surface area contributed by atoms with E-state index in [1.165, 1.54) is 5.56 Å². The topological polar surface area (TPSA) is 30.5 Å². The Balaban J connectivity index is 2.65. The lowest BCUT2D eigenvalue weighted by Gasteiger charge is -2.19. The molecule has 0 spiro atoms. The van der Waals surface area contributed by atoms with Crippen molar-refractivity contribution in [2.24, 2.45) is 0 Å². The minimum atomic E-state index is 0.256. The van der Waals surface area contributed by atoms with Crippen molar-refractivity contribution < 1.29 is 9.47 Å².